The summed E-state index contributed by atoms with van der Waals surface area (Å²) in [6.45, 7) is 0.855. The van der Waals surface area contributed by atoms with Crippen LogP contribution in [0.25, 0.3) is 0 Å². The van der Waals surface area contributed by atoms with E-state index in [1.165, 1.54) is 0 Å². The zero-order valence-electron chi connectivity index (χ0n) is 10.3. The fraction of sp³-hybridized carbons (Fsp3) is 0.308. The molecule has 0 bridgehead atoms. The van der Waals surface area contributed by atoms with Gasteiger partial charge in [-0.25, -0.2) is 0 Å². The molecule has 1 unspecified atom stereocenters. The first-order valence-corrected chi connectivity index (χ1v) is 6.36. The lowest BCUT2D eigenvalue weighted by Gasteiger charge is -2.29. The zero-order chi connectivity index (χ0) is 13.8. The number of nitrogens with zero attached hydrogens (tertiary/aromatic N) is 1. The van der Waals surface area contributed by atoms with E-state index in [9.17, 15) is 9.59 Å². The van der Waals surface area contributed by atoms with Gasteiger partial charge in [-0.2, -0.15) is 0 Å². The highest BCUT2D eigenvalue weighted by Gasteiger charge is 2.26. The van der Waals surface area contributed by atoms with Crippen molar-refractivity contribution in [3.63, 3.8) is 0 Å². The van der Waals surface area contributed by atoms with E-state index in [1.54, 1.807) is 4.90 Å². The molecule has 0 radical (unpaired) electrons. The molecule has 1 aromatic carbocycles. The molecule has 1 saturated heterocycles. The van der Waals surface area contributed by atoms with Crippen molar-refractivity contribution in [3.05, 3.63) is 35.9 Å². The summed E-state index contributed by atoms with van der Waals surface area (Å²) in [7, 11) is 0. The number of rotatable bonds is 4. The standard InChI is InChI=1S/C13H15N3O2S/c14-13(19)10(9-4-2-1-3-5-9)6-16-7-11(17)15-12(18)8-16/h1-5,10H,6-8H2,(H2,14,19)(H,15,17,18). The van der Waals surface area contributed by atoms with Gasteiger partial charge in [0.2, 0.25) is 11.8 Å². The van der Waals surface area contributed by atoms with E-state index in [-0.39, 0.29) is 30.8 Å². The summed E-state index contributed by atoms with van der Waals surface area (Å²) in [5, 5.41) is 2.27. The Bertz CT molecular complexity index is 488. The molecule has 5 nitrogen and oxygen atoms in total. The third kappa shape index (κ3) is 3.59. The summed E-state index contributed by atoms with van der Waals surface area (Å²) < 4.78 is 0. The smallest absolute Gasteiger partial charge is 0.240 e. The second-order valence-electron chi connectivity index (χ2n) is 4.51. The van der Waals surface area contributed by atoms with Crippen LogP contribution in [0.2, 0.25) is 0 Å². The molecule has 1 atom stereocenters. The lowest BCUT2D eigenvalue weighted by atomic mass is 9.98. The summed E-state index contributed by atoms with van der Waals surface area (Å²) in [4.78, 5) is 24.8. The normalized spacial score (nSPS) is 17.9. The summed E-state index contributed by atoms with van der Waals surface area (Å²) >= 11 is 5.09. The minimum Gasteiger partial charge on any atom is -0.393 e. The lowest BCUT2D eigenvalue weighted by molar-refractivity contribution is -0.136. The Kier molecular flexibility index (Phi) is 4.24. The van der Waals surface area contributed by atoms with Crippen molar-refractivity contribution in [2.24, 2.45) is 5.73 Å². The van der Waals surface area contributed by atoms with Crippen LogP contribution in [0, 0.1) is 0 Å². The van der Waals surface area contributed by atoms with Gasteiger partial charge >= 0.3 is 0 Å². The van der Waals surface area contributed by atoms with Gasteiger partial charge in [0.05, 0.1) is 18.1 Å². The van der Waals surface area contributed by atoms with Crippen molar-refractivity contribution in [1.82, 2.24) is 10.2 Å². The van der Waals surface area contributed by atoms with Crippen LogP contribution >= 0.6 is 12.2 Å². The first kappa shape index (κ1) is 13.6. The van der Waals surface area contributed by atoms with E-state index in [4.69, 9.17) is 18.0 Å². The number of hydrogen-bond acceptors (Lipinski definition) is 4. The zero-order valence-corrected chi connectivity index (χ0v) is 11.2. The summed E-state index contributed by atoms with van der Waals surface area (Å²) in [5.41, 5.74) is 6.77. The maximum absolute atomic E-state index is 11.3. The summed E-state index contributed by atoms with van der Waals surface area (Å²) in [6.07, 6.45) is 0. The molecular weight excluding hydrogens is 262 g/mol. The largest absolute Gasteiger partial charge is 0.393 e. The average Bonchev–Trinajstić information content (AvgIpc) is 2.35. The van der Waals surface area contributed by atoms with E-state index in [0.29, 0.717) is 11.5 Å². The minimum atomic E-state index is -0.286. The van der Waals surface area contributed by atoms with Crippen LogP contribution in [0.15, 0.2) is 30.3 Å². The Hall–Kier alpha value is -1.79. The van der Waals surface area contributed by atoms with Gasteiger partial charge in [-0.1, -0.05) is 42.5 Å². The molecule has 1 aliphatic heterocycles. The van der Waals surface area contributed by atoms with Gasteiger partial charge in [0.25, 0.3) is 0 Å². The van der Waals surface area contributed by atoms with Crippen molar-refractivity contribution < 1.29 is 9.59 Å². The van der Waals surface area contributed by atoms with Crippen molar-refractivity contribution >= 4 is 29.0 Å². The number of piperazine rings is 1. The number of nitrogens with one attached hydrogen (secondary N) is 1. The SMILES string of the molecule is NC(=S)C(CN1CC(=O)NC(=O)C1)c1ccccc1. The quantitative estimate of drug-likeness (QED) is 0.599. The van der Waals surface area contributed by atoms with Gasteiger partial charge in [0, 0.05) is 12.5 Å². The Morgan fingerprint density at radius 2 is 1.84 bits per heavy atom. The number of nitrogens with two attached hydrogens (primary N) is 1. The van der Waals surface area contributed by atoms with Crippen LogP contribution in [0.5, 0.6) is 0 Å². The molecule has 1 heterocycles. The van der Waals surface area contributed by atoms with Gasteiger partial charge in [-0.05, 0) is 5.56 Å². The van der Waals surface area contributed by atoms with Gasteiger partial charge < -0.3 is 5.73 Å². The predicted octanol–water partition coefficient (Wildman–Crippen LogP) is 0.0147. The number of hydrogen-bond donors (Lipinski definition) is 2. The molecule has 1 aliphatic rings. The van der Waals surface area contributed by atoms with Crippen LogP contribution in [-0.2, 0) is 9.59 Å². The second-order valence-corrected chi connectivity index (χ2v) is 4.98. The third-order valence-corrected chi connectivity index (χ3v) is 3.28. The summed E-state index contributed by atoms with van der Waals surface area (Å²) in [5.74, 6) is -0.730. The number of thiocarbonyl (C=S) groups is 1. The molecule has 19 heavy (non-hydrogen) atoms. The van der Waals surface area contributed by atoms with Crippen molar-refractivity contribution in [1.29, 1.82) is 0 Å². The highest BCUT2D eigenvalue weighted by Crippen LogP contribution is 2.18. The highest BCUT2D eigenvalue weighted by molar-refractivity contribution is 7.80. The second kappa shape index (κ2) is 5.90. The van der Waals surface area contributed by atoms with E-state index >= 15 is 0 Å². The molecule has 100 valence electrons. The van der Waals surface area contributed by atoms with Crippen molar-refractivity contribution in [3.8, 4) is 0 Å². The number of carbonyl (C=O) groups is 2. The van der Waals surface area contributed by atoms with E-state index < -0.39 is 0 Å². The molecule has 0 spiro atoms. The molecule has 6 heteroatoms. The van der Waals surface area contributed by atoms with Crippen LogP contribution < -0.4 is 11.1 Å². The molecule has 2 rings (SSSR count). The number of carbonyl (C=O) groups excluding carboxylic acids is 2. The molecule has 0 aromatic heterocycles. The Balaban J connectivity index is 2.11. The number of benzene rings is 1. The van der Waals surface area contributed by atoms with Gasteiger partial charge in [-0.3, -0.25) is 19.8 Å². The van der Waals surface area contributed by atoms with Gasteiger partial charge in [0.1, 0.15) is 0 Å². The molecular formula is C13H15N3O2S. The lowest BCUT2D eigenvalue weighted by Crippen LogP contribution is -2.52. The minimum absolute atomic E-state index is 0.158. The third-order valence-electron chi connectivity index (χ3n) is 3.00. The van der Waals surface area contributed by atoms with Gasteiger partial charge in [-0.15, -0.1) is 0 Å². The van der Waals surface area contributed by atoms with E-state index in [2.05, 4.69) is 5.32 Å². The van der Waals surface area contributed by atoms with E-state index in [1.807, 2.05) is 30.3 Å². The van der Waals surface area contributed by atoms with Gasteiger partial charge in [0.15, 0.2) is 0 Å². The maximum Gasteiger partial charge on any atom is 0.240 e. The molecule has 0 aliphatic carbocycles. The van der Waals surface area contributed by atoms with Crippen LogP contribution in [0.4, 0.5) is 0 Å². The first-order chi connectivity index (χ1) is 9.06. The van der Waals surface area contributed by atoms with Crippen LogP contribution in [0.3, 0.4) is 0 Å². The first-order valence-electron chi connectivity index (χ1n) is 5.95. The Morgan fingerprint density at radius 3 is 2.37 bits per heavy atom. The van der Waals surface area contributed by atoms with Crippen molar-refractivity contribution in [2.75, 3.05) is 19.6 Å². The van der Waals surface area contributed by atoms with Crippen LogP contribution in [0.1, 0.15) is 11.5 Å². The molecule has 1 fully saturated rings. The fourth-order valence-corrected chi connectivity index (χ4v) is 2.34. The molecule has 1 aromatic rings. The predicted molar refractivity (Wildman–Crippen MR) is 75.6 cm³/mol. The topological polar surface area (TPSA) is 75.4 Å². The highest BCUT2D eigenvalue weighted by atomic mass is 32.1. The fourth-order valence-electron chi connectivity index (χ4n) is 2.13. The molecule has 3 N–H and O–H groups in total. The Labute approximate surface area is 116 Å². The maximum atomic E-state index is 11.3. The average molecular weight is 277 g/mol. The number of amides is 2. The van der Waals surface area contributed by atoms with Crippen LogP contribution in [-0.4, -0.2) is 41.3 Å². The Morgan fingerprint density at radius 1 is 1.26 bits per heavy atom. The van der Waals surface area contributed by atoms with Crippen molar-refractivity contribution in [2.45, 2.75) is 5.92 Å². The molecule has 2 amide bonds. The summed E-state index contributed by atoms with van der Waals surface area (Å²) in [6, 6.07) is 9.62. The van der Waals surface area contributed by atoms with E-state index in [0.717, 1.165) is 5.56 Å². The molecule has 0 saturated carbocycles. The monoisotopic (exact) mass is 277 g/mol. The number of imide groups is 1.